The molecule has 0 saturated heterocycles. The van der Waals surface area contributed by atoms with Crippen LogP contribution in [-0.2, 0) is 6.42 Å². The third-order valence-corrected chi connectivity index (χ3v) is 4.72. The molecule has 25 heavy (non-hydrogen) atoms. The fraction of sp³-hybridized carbons (Fsp3) is 0.474. The van der Waals surface area contributed by atoms with Crippen LogP contribution in [-0.4, -0.2) is 23.7 Å². The Morgan fingerprint density at radius 3 is 2.44 bits per heavy atom. The van der Waals surface area contributed by atoms with E-state index < -0.39 is 0 Å². The van der Waals surface area contributed by atoms with E-state index in [4.69, 9.17) is 20.9 Å². The summed E-state index contributed by atoms with van der Waals surface area (Å²) in [4.78, 5) is 8.48. The van der Waals surface area contributed by atoms with Crippen LogP contribution in [0.2, 0.25) is 0 Å². The van der Waals surface area contributed by atoms with Crippen molar-refractivity contribution in [1.29, 1.82) is 0 Å². The molecule has 0 spiro atoms. The fourth-order valence-electron chi connectivity index (χ4n) is 3.24. The zero-order valence-corrected chi connectivity index (χ0v) is 14.7. The average molecular weight is 342 g/mol. The van der Waals surface area contributed by atoms with Gasteiger partial charge in [-0.2, -0.15) is 4.98 Å². The van der Waals surface area contributed by atoms with Gasteiger partial charge in [0.15, 0.2) is 0 Å². The molecule has 0 bridgehead atoms. The standard InChI is InChI=1S/C19H26N4O2/c1-24-15-9-7-13(8-10-15)11-16-17(20)18(23-19(21)22-16)25-12-14-5-3-2-4-6-14/h7-10,14H,2-6,11-12,20H2,1H3,(H2,21,22,23). The van der Waals surface area contributed by atoms with E-state index >= 15 is 0 Å². The summed E-state index contributed by atoms with van der Waals surface area (Å²) in [6.07, 6.45) is 6.86. The maximum atomic E-state index is 6.24. The smallest absolute Gasteiger partial charge is 0.242 e. The van der Waals surface area contributed by atoms with E-state index in [0.717, 1.165) is 11.3 Å². The van der Waals surface area contributed by atoms with Crippen LogP contribution in [0.25, 0.3) is 0 Å². The fourth-order valence-corrected chi connectivity index (χ4v) is 3.24. The molecule has 6 nitrogen and oxygen atoms in total. The Balaban J connectivity index is 1.71. The van der Waals surface area contributed by atoms with Gasteiger partial charge in [-0.3, -0.25) is 0 Å². The summed E-state index contributed by atoms with van der Waals surface area (Å²) in [5.74, 6) is 1.99. The van der Waals surface area contributed by atoms with Gasteiger partial charge >= 0.3 is 0 Å². The quantitative estimate of drug-likeness (QED) is 0.837. The second-order valence-corrected chi connectivity index (χ2v) is 6.59. The molecule has 1 aliphatic carbocycles. The highest BCUT2D eigenvalue weighted by Crippen LogP contribution is 2.28. The van der Waals surface area contributed by atoms with Gasteiger partial charge in [-0.15, -0.1) is 0 Å². The largest absolute Gasteiger partial charge is 0.497 e. The number of nitrogens with two attached hydrogens (primary N) is 2. The zero-order chi connectivity index (χ0) is 17.6. The molecule has 3 rings (SSSR count). The van der Waals surface area contributed by atoms with Gasteiger partial charge in [-0.25, -0.2) is 4.98 Å². The molecule has 0 unspecified atom stereocenters. The number of methoxy groups -OCH3 is 1. The summed E-state index contributed by atoms with van der Waals surface area (Å²) >= 11 is 0. The molecule has 1 aromatic heterocycles. The summed E-state index contributed by atoms with van der Waals surface area (Å²) in [5, 5.41) is 0. The van der Waals surface area contributed by atoms with Crippen molar-refractivity contribution in [2.75, 3.05) is 25.2 Å². The molecule has 1 aliphatic rings. The van der Waals surface area contributed by atoms with E-state index in [1.165, 1.54) is 32.1 Å². The molecule has 2 aromatic rings. The molecule has 1 fully saturated rings. The van der Waals surface area contributed by atoms with E-state index in [1.807, 2.05) is 24.3 Å². The van der Waals surface area contributed by atoms with Crippen LogP contribution in [0.15, 0.2) is 24.3 Å². The lowest BCUT2D eigenvalue weighted by atomic mass is 9.90. The van der Waals surface area contributed by atoms with Gasteiger partial charge in [0.2, 0.25) is 11.8 Å². The molecule has 0 aliphatic heterocycles. The molecule has 4 N–H and O–H groups in total. The Hall–Kier alpha value is -2.50. The number of nitrogens with zero attached hydrogens (tertiary/aromatic N) is 2. The van der Waals surface area contributed by atoms with Crippen LogP contribution >= 0.6 is 0 Å². The number of anilines is 2. The van der Waals surface area contributed by atoms with Gasteiger partial charge in [0.1, 0.15) is 11.4 Å². The van der Waals surface area contributed by atoms with Gasteiger partial charge in [0.05, 0.1) is 19.4 Å². The highest BCUT2D eigenvalue weighted by Gasteiger charge is 2.17. The first kappa shape index (κ1) is 17.3. The van der Waals surface area contributed by atoms with E-state index in [2.05, 4.69) is 9.97 Å². The number of hydrogen-bond acceptors (Lipinski definition) is 6. The van der Waals surface area contributed by atoms with Crippen molar-refractivity contribution >= 4 is 11.6 Å². The van der Waals surface area contributed by atoms with Gasteiger partial charge in [-0.1, -0.05) is 31.4 Å². The van der Waals surface area contributed by atoms with Crippen molar-refractivity contribution in [3.8, 4) is 11.6 Å². The summed E-state index contributed by atoms with van der Waals surface area (Å²) < 4.78 is 11.1. The van der Waals surface area contributed by atoms with E-state index in [-0.39, 0.29) is 5.95 Å². The van der Waals surface area contributed by atoms with Crippen LogP contribution in [0.1, 0.15) is 43.4 Å². The number of benzene rings is 1. The Morgan fingerprint density at radius 1 is 1.04 bits per heavy atom. The van der Waals surface area contributed by atoms with E-state index in [1.54, 1.807) is 7.11 Å². The van der Waals surface area contributed by atoms with Gasteiger partial charge < -0.3 is 20.9 Å². The van der Waals surface area contributed by atoms with Crippen LogP contribution in [0, 0.1) is 5.92 Å². The SMILES string of the molecule is COc1ccc(Cc2nc(N)nc(OCC3CCCCC3)c2N)cc1. The highest BCUT2D eigenvalue weighted by molar-refractivity contribution is 5.55. The summed E-state index contributed by atoms with van der Waals surface area (Å²) in [6, 6.07) is 7.80. The zero-order valence-electron chi connectivity index (χ0n) is 14.7. The Kier molecular flexibility index (Phi) is 5.58. The molecular weight excluding hydrogens is 316 g/mol. The summed E-state index contributed by atoms with van der Waals surface area (Å²) in [7, 11) is 1.65. The molecule has 6 heteroatoms. The lowest BCUT2D eigenvalue weighted by Gasteiger charge is -2.22. The maximum Gasteiger partial charge on any atom is 0.242 e. The number of hydrogen-bond donors (Lipinski definition) is 2. The lowest BCUT2D eigenvalue weighted by Crippen LogP contribution is -2.17. The van der Waals surface area contributed by atoms with Crippen molar-refractivity contribution in [2.24, 2.45) is 5.92 Å². The monoisotopic (exact) mass is 342 g/mol. The second-order valence-electron chi connectivity index (χ2n) is 6.59. The lowest BCUT2D eigenvalue weighted by molar-refractivity contribution is 0.204. The number of aromatic nitrogens is 2. The van der Waals surface area contributed by atoms with Gasteiger partial charge in [0, 0.05) is 6.42 Å². The van der Waals surface area contributed by atoms with E-state index in [9.17, 15) is 0 Å². The van der Waals surface area contributed by atoms with Crippen molar-refractivity contribution in [2.45, 2.75) is 38.5 Å². The molecule has 0 radical (unpaired) electrons. The average Bonchev–Trinajstić information content (AvgIpc) is 2.64. The normalized spacial score (nSPS) is 15.1. The van der Waals surface area contributed by atoms with Crippen LogP contribution < -0.4 is 20.9 Å². The Bertz CT molecular complexity index is 697. The molecule has 1 saturated carbocycles. The predicted octanol–water partition coefficient (Wildman–Crippen LogP) is 3.20. The van der Waals surface area contributed by atoms with Crippen molar-refractivity contribution in [3.05, 3.63) is 35.5 Å². The Morgan fingerprint density at radius 2 is 1.76 bits per heavy atom. The van der Waals surface area contributed by atoms with Crippen molar-refractivity contribution in [3.63, 3.8) is 0 Å². The third-order valence-electron chi connectivity index (χ3n) is 4.72. The summed E-state index contributed by atoms with van der Waals surface area (Å²) in [6.45, 7) is 0.641. The molecule has 0 atom stereocenters. The molecule has 134 valence electrons. The van der Waals surface area contributed by atoms with Crippen LogP contribution in [0.4, 0.5) is 11.6 Å². The first-order chi connectivity index (χ1) is 12.2. The van der Waals surface area contributed by atoms with Crippen molar-refractivity contribution < 1.29 is 9.47 Å². The summed E-state index contributed by atoms with van der Waals surface area (Å²) in [5.41, 5.74) is 14.3. The second kappa shape index (κ2) is 8.05. The highest BCUT2D eigenvalue weighted by atomic mass is 16.5. The first-order valence-electron chi connectivity index (χ1n) is 8.83. The van der Waals surface area contributed by atoms with Crippen LogP contribution in [0.5, 0.6) is 11.6 Å². The molecule has 1 aromatic carbocycles. The number of nitrogen functional groups attached to an aromatic ring is 2. The Labute approximate surface area is 148 Å². The predicted molar refractivity (Wildman–Crippen MR) is 98.7 cm³/mol. The third kappa shape index (κ3) is 4.53. The number of rotatable bonds is 6. The van der Waals surface area contributed by atoms with Crippen LogP contribution in [0.3, 0.4) is 0 Å². The topological polar surface area (TPSA) is 96.3 Å². The molecule has 0 amide bonds. The minimum atomic E-state index is 0.191. The first-order valence-corrected chi connectivity index (χ1v) is 8.83. The van der Waals surface area contributed by atoms with Gasteiger partial charge in [-0.05, 0) is 36.5 Å². The number of ether oxygens (including phenoxy) is 2. The maximum absolute atomic E-state index is 6.24. The minimum Gasteiger partial charge on any atom is -0.497 e. The van der Waals surface area contributed by atoms with E-state index in [0.29, 0.717) is 36.2 Å². The van der Waals surface area contributed by atoms with Crippen molar-refractivity contribution in [1.82, 2.24) is 9.97 Å². The minimum absolute atomic E-state index is 0.191. The molecular formula is C19H26N4O2. The van der Waals surface area contributed by atoms with Gasteiger partial charge in [0.25, 0.3) is 0 Å². The molecule has 1 heterocycles.